The molecule has 0 aliphatic heterocycles. The van der Waals surface area contributed by atoms with Gasteiger partial charge in [-0.2, -0.15) is 0 Å². The number of carbonyl (C=O) groups excluding carboxylic acids is 2. The van der Waals surface area contributed by atoms with Gasteiger partial charge in [-0.25, -0.2) is 0 Å². The third kappa shape index (κ3) is 3.08. The molecule has 2 aliphatic rings. The van der Waals surface area contributed by atoms with Crippen LogP contribution in [-0.4, -0.2) is 33.7 Å². The highest BCUT2D eigenvalue weighted by Crippen LogP contribution is 2.38. The van der Waals surface area contributed by atoms with E-state index in [1.165, 1.54) is 0 Å². The van der Waals surface area contributed by atoms with E-state index in [9.17, 15) is 29.4 Å². The Kier molecular flexibility index (Phi) is 4.47. The smallest absolute Gasteiger partial charge is 0.318 e. The average molecular weight is 388 g/mol. The Morgan fingerprint density at radius 2 is 1.07 bits per heavy atom. The molecule has 2 atom stereocenters. The lowest BCUT2D eigenvalue weighted by Crippen LogP contribution is -2.29. The fraction of sp³-hybridized carbons (Fsp3) is 0.130. The molecule has 2 aliphatic carbocycles. The standard InChI is InChI=1S/C23H16O6/c24-20-14(9-12-5-1-3-7-16(12)18(20)22(26)27)11-15-10-13-6-2-4-8-17(13)19(21(15)25)23(28)29/h1-10,18-19H,11H2,(H,26,27)(H,28,29). The average Bonchev–Trinajstić information content (AvgIpc) is 2.68. The van der Waals surface area contributed by atoms with Crippen LogP contribution in [0.15, 0.2) is 59.7 Å². The number of Topliss-reactive ketones (excluding diaryl/α,β-unsaturated/α-hetero) is 2. The number of hydrogen-bond donors (Lipinski definition) is 2. The van der Waals surface area contributed by atoms with Gasteiger partial charge in [-0.15, -0.1) is 0 Å². The van der Waals surface area contributed by atoms with E-state index in [4.69, 9.17) is 0 Å². The molecule has 4 rings (SSSR count). The molecule has 2 unspecified atom stereocenters. The van der Waals surface area contributed by atoms with Crippen molar-refractivity contribution in [3.63, 3.8) is 0 Å². The first-order valence-corrected chi connectivity index (χ1v) is 9.01. The molecule has 144 valence electrons. The molecule has 6 heteroatoms. The number of fused-ring (bicyclic) bond motifs is 2. The molecule has 2 aromatic carbocycles. The third-order valence-corrected chi connectivity index (χ3v) is 5.31. The van der Waals surface area contributed by atoms with Crippen molar-refractivity contribution in [1.82, 2.24) is 0 Å². The summed E-state index contributed by atoms with van der Waals surface area (Å²) in [7, 11) is 0. The highest BCUT2D eigenvalue weighted by atomic mass is 16.4. The van der Waals surface area contributed by atoms with Crippen LogP contribution in [0.25, 0.3) is 12.2 Å². The van der Waals surface area contributed by atoms with Gasteiger partial charge in [0.25, 0.3) is 0 Å². The summed E-state index contributed by atoms with van der Waals surface area (Å²) in [6.07, 6.45) is 3.05. The number of benzene rings is 2. The molecule has 2 aromatic rings. The van der Waals surface area contributed by atoms with E-state index in [2.05, 4.69) is 0 Å². The monoisotopic (exact) mass is 388 g/mol. The molecule has 6 nitrogen and oxygen atoms in total. The summed E-state index contributed by atoms with van der Waals surface area (Å²) in [6, 6.07) is 13.4. The van der Waals surface area contributed by atoms with Crippen LogP contribution in [0.4, 0.5) is 0 Å². The van der Waals surface area contributed by atoms with E-state index in [-0.39, 0.29) is 17.6 Å². The Bertz CT molecular complexity index is 1050. The topological polar surface area (TPSA) is 109 Å². The van der Waals surface area contributed by atoms with Gasteiger partial charge in [-0.05, 0) is 34.4 Å². The summed E-state index contributed by atoms with van der Waals surface area (Å²) in [5.74, 6) is -6.37. The van der Waals surface area contributed by atoms with Gasteiger partial charge < -0.3 is 10.2 Å². The lowest BCUT2D eigenvalue weighted by molar-refractivity contribution is -0.143. The second-order valence-corrected chi connectivity index (χ2v) is 7.04. The van der Waals surface area contributed by atoms with Gasteiger partial charge in [0.2, 0.25) is 0 Å². The molecule has 0 fully saturated rings. The molecule has 29 heavy (non-hydrogen) atoms. The van der Waals surface area contributed by atoms with Crippen LogP contribution in [0.3, 0.4) is 0 Å². The Hall–Kier alpha value is -3.80. The van der Waals surface area contributed by atoms with Crippen molar-refractivity contribution in [2.24, 2.45) is 0 Å². The van der Waals surface area contributed by atoms with Gasteiger partial charge in [-0.3, -0.25) is 19.2 Å². The van der Waals surface area contributed by atoms with Crippen LogP contribution < -0.4 is 0 Å². The van der Waals surface area contributed by atoms with E-state index in [1.54, 1.807) is 60.7 Å². The van der Waals surface area contributed by atoms with Gasteiger partial charge in [0.15, 0.2) is 11.6 Å². The molecule has 0 spiro atoms. The van der Waals surface area contributed by atoms with E-state index < -0.39 is 35.3 Å². The lowest BCUT2D eigenvalue weighted by Gasteiger charge is -2.25. The quantitative estimate of drug-likeness (QED) is 0.780. The van der Waals surface area contributed by atoms with Crippen molar-refractivity contribution in [2.75, 3.05) is 0 Å². The number of carbonyl (C=O) groups is 4. The molecular weight excluding hydrogens is 372 g/mol. The summed E-state index contributed by atoms with van der Waals surface area (Å²) >= 11 is 0. The molecule has 0 saturated carbocycles. The first-order chi connectivity index (χ1) is 13.9. The predicted molar refractivity (Wildman–Crippen MR) is 104 cm³/mol. The van der Waals surface area contributed by atoms with Crippen molar-refractivity contribution >= 4 is 35.7 Å². The number of carboxylic acids is 2. The maximum absolute atomic E-state index is 12.9. The maximum atomic E-state index is 12.9. The van der Waals surface area contributed by atoms with Crippen LogP contribution in [0.1, 0.15) is 40.5 Å². The highest BCUT2D eigenvalue weighted by Gasteiger charge is 2.39. The maximum Gasteiger partial charge on any atom is 0.318 e. The number of aliphatic carboxylic acids is 2. The summed E-state index contributed by atoms with van der Waals surface area (Å²) < 4.78 is 0. The van der Waals surface area contributed by atoms with Gasteiger partial charge in [-0.1, -0.05) is 48.5 Å². The second kappa shape index (κ2) is 6.98. The van der Waals surface area contributed by atoms with E-state index in [0.717, 1.165) is 0 Å². The van der Waals surface area contributed by atoms with Crippen molar-refractivity contribution < 1.29 is 29.4 Å². The van der Waals surface area contributed by atoms with Gasteiger partial charge >= 0.3 is 11.9 Å². The predicted octanol–water partition coefficient (Wildman–Crippen LogP) is 3.05. The number of rotatable bonds is 4. The number of carboxylic acid groups (broad SMARTS) is 2. The summed E-state index contributed by atoms with van der Waals surface area (Å²) in [5.41, 5.74) is 2.39. The summed E-state index contributed by atoms with van der Waals surface area (Å²) in [4.78, 5) is 49.2. The molecule has 0 amide bonds. The first-order valence-electron chi connectivity index (χ1n) is 9.01. The minimum absolute atomic E-state index is 0.117. The second-order valence-electron chi connectivity index (χ2n) is 7.04. The zero-order valence-electron chi connectivity index (χ0n) is 15.2. The van der Waals surface area contributed by atoms with E-state index >= 15 is 0 Å². The minimum atomic E-state index is -1.34. The van der Waals surface area contributed by atoms with Crippen LogP contribution in [0.5, 0.6) is 0 Å². The Labute approximate surface area is 165 Å². The summed E-state index contributed by atoms with van der Waals surface area (Å²) in [6.45, 7) is 0. The largest absolute Gasteiger partial charge is 0.480 e. The van der Waals surface area contributed by atoms with Crippen LogP contribution in [0.2, 0.25) is 0 Å². The first kappa shape index (κ1) is 18.6. The van der Waals surface area contributed by atoms with Gasteiger partial charge in [0.1, 0.15) is 11.8 Å². The zero-order valence-corrected chi connectivity index (χ0v) is 15.2. The van der Waals surface area contributed by atoms with Gasteiger partial charge in [0, 0.05) is 17.6 Å². The third-order valence-electron chi connectivity index (χ3n) is 5.31. The number of hydrogen-bond acceptors (Lipinski definition) is 4. The van der Waals surface area contributed by atoms with Crippen molar-refractivity contribution in [1.29, 1.82) is 0 Å². The van der Waals surface area contributed by atoms with Crippen molar-refractivity contribution in [3.05, 3.63) is 81.9 Å². The fourth-order valence-electron chi connectivity index (χ4n) is 3.95. The molecule has 0 saturated heterocycles. The lowest BCUT2D eigenvalue weighted by atomic mass is 9.76. The molecule has 2 N–H and O–H groups in total. The van der Waals surface area contributed by atoms with E-state index in [1.807, 2.05) is 0 Å². The molecule has 0 bridgehead atoms. The van der Waals surface area contributed by atoms with E-state index in [0.29, 0.717) is 22.3 Å². The zero-order chi connectivity index (χ0) is 20.7. The molecule has 0 heterocycles. The Morgan fingerprint density at radius 3 is 1.45 bits per heavy atom. The molecule has 0 aromatic heterocycles. The Balaban J connectivity index is 1.78. The van der Waals surface area contributed by atoms with Crippen LogP contribution >= 0.6 is 0 Å². The minimum Gasteiger partial charge on any atom is -0.480 e. The number of allylic oxidation sites excluding steroid dienone is 2. The van der Waals surface area contributed by atoms with Crippen LogP contribution in [-0.2, 0) is 19.2 Å². The van der Waals surface area contributed by atoms with Gasteiger partial charge in [0.05, 0.1) is 0 Å². The van der Waals surface area contributed by atoms with Crippen molar-refractivity contribution in [3.8, 4) is 0 Å². The normalized spacial score (nSPS) is 20.3. The summed E-state index contributed by atoms with van der Waals surface area (Å²) in [5, 5.41) is 19.1. The fourth-order valence-corrected chi connectivity index (χ4v) is 3.95. The SMILES string of the molecule is O=C(O)C1C(=O)C(CC2=Cc3ccccc3C(C(=O)O)C2=O)=Cc2ccccc21. The van der Waals surface area contributed by atoms with Crippen LogP contribution in [0, 0.1) is 0 Å². The molecule has 0 radical (unpaired) electrons. The van der Waals surface area contributed by atoms with Crippen molar-refractivity contribution in [2.45, 2.75) is 18.3 Å². The Morgan fingerprint density at radius 1 is 0.690 bits per heavy atom. The highest BCUT2D eigenvalue weighted by molar-refractivity contribution is 6.20. The number of ketones is 2. The molecular formula is C23H16O6.